The van der Waals surface area contributed by atoms with E-state index in [0.717, 1.165) is 19.4 Å². The second kappa shape index (κ2) is 12.6. The molecular weight excluding hydrogens is 423 g/mol. The topological polar surface area (TPSA) is 95.0 Å². The Hall–Kier alpha value is -0.770. The quantitative estimate of drug-likeness (QED) is 0.254. The molecule has 8 heteroatoms. The monoisotopic (exact) mass is 458 g/mol. The van der Waals surface area contributed by atoms with Crippen LogP contribution in [0, 0.1) is 0 Å². The van der Waals surface area contributed by atoms with Crippen LogP contribution in [0.5, 0.6) is 0 Å². The van der Waals surface area contributed by atoms with E-state index in [1.54, 1.807) is 0 Å². The number of hydrogen-bond donors (Lipinski definition) is 4. The van der Waals surface area contributed by atoms with Crippen molar-refractivity contribution in [1.29, 1.82) is 0 Å². The Morgan fingerprint density at radius 2 is 1.71 bits per heavy atom. The smallest absolute Gasteiger partial charge is 0.408 e. The minimum absolute atomic E-state index is 0. The molecule has 1 amide bonds. The SMILES string of the molecule is CCNC(=NCC(CC)(CC)NC(=O)OC(C)(C)C)NCCO.I. The van der Waals surface area contributed by atoms with Crippen LogP contribution in [0.1, 0.15) is 54.4 Å². The molecule has 0 fully saturated rings. The molecule has 24 heavy (non-hydrogen) atoms. The first-order chi connectivity index (χ1) is 10.7. The summed E-state index contributed by atoms with van der Waals surface area (Å²) >= 11 is 0. The molecule has 0 aromatic heterocycles. The first kappa shape index (κ1) is 25.5. The summed E-state index contributed by atoms with van der Waals surface area (Å²) < 4.78 is 5.35. The van der Waals surface area contributed by atoms with Crippen molar-refractivity contribution in [2.45, 2.75) is 65.5 Å². The molecule has 0 aliphatic carbocycles. The van der Waals surface area contributed by atoms with Gasteiger partial charge in [-0.05, 0) is 40.5 Å². The summed E-state index contributed by atoms with van der Waals surface area (Å²) in [6.07, 6.45) is 1.06. The van der Waals surface area contributed by atoms with Crippen LogP contribution in [0.2, 0.25) is 0 Å². The maximum absolute atomic E-state index is 12.1. The number of halogens is 1. The lowest BCUT2D eigenvalue weighted by Gasteiger charge is -2.32. The van der Waals surface area contributed by atoms with Gasteiger partial charge in [0.15, 0.2) is 5.96 Å². The molecule has 0 atom stereocenters. The van der Waals surface area contributed by atoms with Crippen molar-refractivity contribution in [3.63, 3.8) is 0 Å². The van der Waals surface area contributed by atoms with E-state index in [-0.39, 0.29) is 30.6 Å². The number of nitrogens with one attached hydrogen (secondary N) is 3. The van der Waals surface area contributed by atoms with Gasteiger partial charge in [0, 0.05) is 13.1 Å². The van der Waals surface area contributed by atoms with Gasteiger partial charge in [0.1, 0.15) is 5.60 Å². The fourth-order valence-corrected chi connectivity index (χ4v) is 1.96. The first-order valence-electron chi connectivity index (χ1n) is 8.36. The summed E-state index contributed by atoms with van der Waals surface area (Å²) in [5, 5.41) is 18.0. The Labute approximate surface area is 163 Å². The number of nitrogens with zero attached hydrogens (tertiary/aromatic N) is 1. The summed E-state index contributed by atoms with van der Waals surface area (Å²) in [6, 6.07) is 0. The largest absolute Gasteiger partial charge is 0.444 e. The van der Waals surface area contributed by atoms with E-state index < -0.39 is 17.2 Å². The molecular formula is C16H35IN4O3. The minimum atomic E-state index is -0.530. The Morgan fingerprint density at radius 3 is 2.12 bits per heavy atom. The zero-order valence-electron chi connectivity index (χ0n) is 15.9. The van der Waals surface area contributed by atoms with E-state index in [1.807, 2.05) is 41.5 Å². The van der Waals surface area contributed by atoms with Crippen molar-refractivity contribution in [3.05, 3.63) is 0 Å². The molecule has 0 rings (SSSR count). The number of ether oxygens (including phenoxy) is 1. The Morgan fingerprint density at radius 1 is 1.12 bits per heavy atom. The summed E-state index contributed by atoms with van der Waals surface area (Å²) in [4.78, 5) is 16.6. The van der Waals surface area contributed by atoms with Crippen molar-refractivity contribution in [3.8, 4) is 0 Å². The van der Waals surface area contributed by atoms with E-state index in [0.29, 0.717) is 19.0 Å². The number of alkyl carbamates (subject to hydrolysis) is 1. The molecule has 0 aliphatic rings. The molecule has 0 heterocycles. The molecule has 0 spiro atoms. The minimum Gasteiger partial charge on any atom is -0.444 e. The van der Waals surface area contributed by atoms with Crippen molar-refractivity contribution in [2.24, 2.45) is 4.99 Å². The van der Waals surface area contributed by atoms with E-state index in [9.17, 15) is 4.79 Å². The van der Waals surface area contributed by atoms with Crippen LogP contribution in [0.25, 0.3) is 0 Å². The average Bonchev–Trinajstić information content (AvgIpc) is 2.46. The fourth-order valence-electron chi connectivity index (χ4n) is 1.96. The predicted octanol–water partition coefficient (Wildman–Crippen LogP) is 2.24. The Bertz CT molecular complexity index is 380. The van der Waals surface area contributed by atoms with Crippen molar-refractivity contribution < 1.29 is 14.6 Å². The van der Waals surface area contributed by atoms with Crippen molar-refractivity contribution >= 4 is 36.0 Å². The van der Waals surface area contributed by atoms with Gasteiger partial charge < -0.3 is 25.8 Å². The van der Waals surface area contributed by atoms with Crippen molar-refractivity contribution in [2.75, 3.05) is 26.2 Å². The number of hydrogen-bond acceptors (Lipinski definition) is 4. The zero-order valence-corrected chi connectivity index (χ0v) is 18.2. The van der Waals surface area contributed by atoms with Gasteiger partial charge in [-0.15, -0.1) is 24.0 Å². The summed E-state index contributed by atoms with van der Waals surface area (Å²) in [5.41, 5.74) is -0.984. The van der Waals surface area contributed by atoms with Crippen LogP contribution in [-0.2, 0) is 4.74 Å². The molecule has 0 aromatic rings. The third-order valence-electron chi connectivity index (χ3n) is 3.41. The number of aliphatic hydroxyl groups is 1. The normalized spacial score (nSPS) is 12.2. The summed E-state index contributed by atoms with van der Waals surface area (Å²) in [5.74, 6) is 0.624. The third-order valence-corrected chi connectivity index (χ3v) is 3.41. The molecule has 0 aromatic carbocycles. The van der Waals surface area contributed by atoms with E-state index in [2.05, 4.69) is 20.9 Å². The van der Waals surface area contributed by atoms with Crippen LogP contribution < -0.4 is 16.0 Å². The van der Waals surface area contributed by atoms with Gasteiger partial charge in [-0.3, -0.25) is 4.99 Å². The molecule has 0 aliphatic heterocycles. The van der Waals surface area contributed by atoms with E-state index in [1.165, 1.54) is 0 Å². The highest BCUT2D eigenvalue weighted by Crippen LogP contribution is 2.17. The first-order valence-corrected chi connectivity index (χ1v) is 8.36. The number of aliphatic imine (C=N–C) groups is 1. The molecule has 0 saturated carbocycles. The van der Waals surface area contributed by atoms with Gasteiger partial charge in [0.05, 0.1) is 18.7 Å². The second-order valence-corrected chi connectivity index (χ2v) is 6.46. The van der Waals surface area contributed by atoms with Crippen molar-refractivity contribution in [1.82, 2.24) is 16.0 Å². The molecule has 7 nitrogen and oxygen atoms in total. The fraction of sp³-hybridized carbons (Fsp3) is 0.875. The molecule has 4 N–H and O–H groups in total. The van der Waals surface area contributed by atoms with Crippen LogP contribution in [-0.4, -0.2) is 54.5 Å². The number of aliphatic hydroxyl groups excluding tert-OH is 1. The van der Waals surface area contributed by atoms with Gasteiger partial charge in [-0.2, -0.15) is 0 Å². The standard InChI is InChI=1S/C16H34N4O3.HI/c1-7-16(8-2,20-14(22)23-15(4,5)6)12-19-13(17-9-3)18-10-11-21;/h21H,7-12H2,1-6H3,(H,20,22)(H2,17,18,19);1H. The number of rotatable bonds is 8. The van der Waals surface area contributed by atoms with Gasteiger partial charge in [0.2, 0.25) is 0 Å². The highest BCUT2D eigenvalue weighted by atomic mass is 127. The molecule has 0 unspecified atom stereocenters. The average molecular weight is 458 g/mol. The Balaban J connectivity index is 0. The summed E-state index contributed by atoms with van der Waals surface area (Å²) in [6.45, 7) is 13.1. The van der Waals surface area contributed by atoms with E-state index >= 15 is 0 Å². The molecule has 0 saturated heterocycles. The number of amides is 1. The van der Waals surface area contributed by atoms with Gasteiger partial charge >= 0.3 is 6.09 Å². The lowest BCUT2D eigenvalue weighted by molar-refractivity contribution is 0.0452. The number of carbonyl (C=O) groups excluding carboxylic acids is 1. The summed E-state index contributed by atoms with van der Waals surface area (Å²) in [7, 11) is 0. The zero-order chi connectivity index (χ0) is 17.9. The molecule has 0 radical (unpaired) electrons. The van der Waals surface area contributed by atoms with Gasteiger partial charge in [-0.1, -0.05) is 13.8 Å². The predicted molar refractivity (Wildman–Crippen MR) is 109 cm³/mol. The van der Waals surface area contributed by atoms with E-state index in [4.69, 9.17) is 9.84 Å². The van der Waals surface area contributed by atoms with Gasteiger partial charge in [0.25, 0.3) is 0 Å². The lowest BCUT2D eigenvalue weighted by atomic mass is 9.93. The molecule has 0 bridgehead atoms. The van der Waals surface area contributed by atoms with Gasteiger partial charge in [-0.25, -0.2) is 4.79 Å². The second-order valence-electron chi connectivity index (χ2n) is 6.46. The number of carbonyl (C=O) groups is 1. The highest BCUT2D eigenvalue weighted by molar-refractivity contribution is 14.0. The van der Waals surface area contributed by atoms with Crippen LogP contribution >= 0.6 is 24.0 Å². The molecule has 144 valence electrons. The van der Waals surface area contributed by atoms with Crippen LogP contribution in [0.3, 0.4) is 0 Å². The van der Waals surface area contributed by atoms with Crippen LogP contribution in [0.4, 0.5) is 4.79 Å². The maximum Gasteiger partial charge on any atom is 0.408 e. The lowest BCUT2D eigenvalue weighted by Crippen LogP contribution is -2.52. The Kier molecular flexibility index (Phi) is 13.3. The third kappa shape index (κ3) is 10.9. The number of guanidine groups is 1. The highest BCUT2D eigenvalue weighted by Gasteiger charge is 2.30. The maximum atomic E-state index is 12.1. The van der Waals surface area contributed by atoms with Crippen LogP contribution in [0.15, 0.2) is 4.99 Å².